The molecule has 0 saturated carbocycles. The Morgan fingerprint density at radius 3 is 2.88 bits per heavy atom. The van der Waals surface area contributed by atoms with E-state index in [0.717, 1.165) is 16.6 Å². The molecule has 1 aromatic carbocycles. The zero-order valence-corrected chi connectivity index (χ0v) is 13.6. The molecule has 124 valence electrons. The number of hydrogen-bond donors (Lipinski definition) is 1. The molecule has 0 aliphatic heterocycles. The summed E-state index contributed by atoms with van der Waals surface area (Å²) in [4.78, 5) is 16.5. The first-order valence-electron chi connectivity index (χ1n) is 7.99. The van der Waals surface area contributed by atoms with Crippen molar-refractivity contribution in [2.45, 2.75) is 13.5 Å². The molecule has 2 heterocycles. The maximum absolute atomic E-state index is 12.1. The minimum atomic E-state index is -0.153. The number of nitrogens with one attached hydrogen (secondary N) is 1. The Kier molecular flexibility index (Phi) is 5.18. The third-order valence-electron chi connectivity index (χ3n) is 3.65. The fourth-order valence-corrected chi connectivity index (χ4v) is 2.45. The molecule has 1 N–H and O–H groups in total. The van der Waals surface area contributed by atoms with Crippen molar-refractivity contribution < 1.29 is 9.53 Å². The zero-order chi connectivity index (χ0) is 16.8. The smallest absolute Gasteiger partial charge is 0.252 e. The second kappa shape index (κ2) is 7.70. The lowest BCUT2D eigenvalue weighted by Crippen LogP contribution is -2.27. The average Bonchev–Trinajstić information content (AvgIpc) is 3.01. The topological polar surface area (TPSA) is 69.0 Å². The van der Waals surface area contributed by atoms with Gasteiger partial charge in [0, 0.05) is 24.7 Å². The molecule has 0 unspecified atom stereocenters. The second-order valence-electron chi connectivity index (χ2n) is 5.38. The quantitative estimate of drug-likeness (QED) is 0.677. The standard InChI is InChI=1S/C18H20N4O2/c1-2-24-9-8-19-18(23)16-10-15-12-21-22(17(15)20-11-16)13-14-6-4-3-5-7-14/h3-7,10-12H,2,8-9,13H2,1H3,(H,19,23). The molecule has 0 saturated heterocycles. The van der Waals surface area contributed by atoms with Crippen molar-refractivity contribution in [2.75, 3.05) is 19.8 Å². The fourth-order valence-electron chi connectivity index (χ4n) is 2.45. The lowest BCUT2D eigenvalue weighted by Gasteiger charge is -2.06. The Hall–Kier alpha value is -2.73. The Bertz CT molecular complexity index is 814. The molecular formula is C18H20N4O2. The van der Waals surface area contributed by atoms with Crippen LogP contribution in [0, 0.1) is 0 Å². The minimum absolute atomic E-state index is 0.153. The van der Waals surface area contributed by atoms with E-state index >= 15 is 0 Å². The summed E-state index contributed by atoms with van der Waals surface area (Å²) in [5.74, 6) is -0.153. The highest BCUT2D eigenvalue weighted by atomic mass is 16.5. The van der Waals surface area contributed by atoms with Gasteiger partial charge >= 0.3 is 0 Å². The van der Waals surface area contributed by atoms with Crippen molar-refractivity contribution in [3.8, 4) is 0 Å². The molecule has 0 aliphatic rings. The summed E-state index contributed by atoms with van der Waals surface area (Å²) in [5, 5.41) is 8.04. The number of hydrogen-bond acceptors (Lipinski definition) is 4. The van der Waals surface area contributed by atoms with Gasteiger partial charge in [0.2, 0.25) is 0 Å². The Morgan fingerprint density at radius 2 is 2.08 bits per heavy atom. The molecule has 3 aromatic rings. The molecule has 3 rings (SSSR count). The van der Waals surface area contributed by atoms with Gasteiger partial charge < -0.3 is 10.1 Å². The molecule has 2 aromatic heterocycles. The Morgan fingerprint density at radius 1 is 1.25 bits per heavy atom. The summed E-state index contributed by atoms with van der Waals surface area (Å²) in [6, 6.07) is 11.9. The monoisotopic (exact) mass is 324 g/mol. The van der Waals surface area contributed by atoms with Crippen LogP contribution in [-0.2, 0) is 11.3 Å². The van der Waals surface area contributed by atoms with Crippen LogP contribution < -0.4 is 5.32 Å². The predicted molar refractivity (Wildman–Crippen MR) is 91.9 cm³/mol. The van der Waals surface area contributed by atoms with E-state index in [1.807, 2.05) is 48.0 Å². The van der Waals surface area contributed by atoms with Crippen LogP contribution in [-0.4, -0.2) is 40.4 Å². The van der Waals surface area contributed by atoms with Gasteiger partial charge in [-0.1, -0.05) is 30.3 Å². The van der Waals surface area contributed by atoms with Gasteiger partial charge in [-0.2, -0.15) is 5.10 Å². The summed E-state index contributed by atoms with van der Waals surface area (Å²) < 4.78 is 7.04. The van der Waals surface area contributed by atoms with E-state index in [4.69, 9.17) is 4.74 Å². The Balaban J connectivity index is 1.72. The van der Waals surface area contributed by atoms with Gasteiger partial charge in [0.15, 0.2) is 5.65 Å². The van der Waals surface area contributed by atoms with Crippen molar-refractivity contribution in [2.24, 2.45) is 0 Å². The highest BCUT2D eigenvalue weighted by Gasteiger charge is 2.10. The maximum Gasteiger partial charge on any atom is 0.252 e. The number of amides is 1. The van der Waals surface area contributed by atoms with Crippen molar-refractivity contribution in [3.05, 3.63) is 59.9 Å². The maximum atomic E-state index is 12.1. The second-order valence-corrected chi connectivity index (χ2v) is 5.38. The van der Waals surface area contributed by atoms with Crippen LogP contribution in [0.25, 0.3) is 11.0 Å². The zero-order valence-electron chi connectivity index (χ0n) is 13.6. The van der Waals surface area contributed by atoms with Gasteiger partial charge in [0.25, 0.3) is 5.91 Å². The Labute approximate surface area is 140 Å². The van der Waals surface area contributed by atoms with Crippen molar-refractivity contribution >= 4 is 16.9 Å². The van der Waals surface area contributed by atoms with Crippen molar-refractivity contribution in [1.82, 2.24) is 20.1 Å². The molecule has 0 bridgehead atoms. The van der Waals surface area contributed by atoms with Crippen LogP contribution in [0.1, 0.15) is 22.8 Å². The third kappa shape index (κ3) is 3.78. The SMILES string of the molecule is CCOCCNC(=O)c1cnc2c(cnn2Cc2ccccc2)c1. The van der Waals surface area contributed by atoms with Gasteiger partial charge in [-0.05, 0) is 18.6 Å². The molecule has 0 spiro atoms. The van der Waals surface area contributed by atoms with Gasteiger partial charge in [-0.3, -0.25) is 4.79 Å². The minimum Gasteiger partial charge on any atom is -0.380 e. The lowest BCUT2D eigenvalue weighted by atomic mass is 10.2. The highest BCUT2D eigenvalue weighted by molar-refractivity contribution is 5.96. The summed E-state index contributed by atoms with van der Waals surface area (Å²) in [7, 11) is 0. The number of rotatable bonds is 7. The molecule has 1 amide bonds. The first kappa shape index (κ1) is 16.1. The third-order valence-corrected chi connectivity index (χ3v) is 3.65. The van der Waals surface area contributed by atoms with Crippen LogP contribution >= 0.6 is 0 Å². The van der Waals surface area contributed by atoms with E-state index in [1.54, 1.807) is 12.4 Å². The molecule has 24 heavy (non-hydrogen) atoms. The molecule has 0 atom stereocenters. The number of nitrogens with zero attached hydrogens (tertiary/aromatic N) is 3. The molecular weight excluding hydrogens is 304 g/mol. The molecule has 0 aliphatic carbocycles. The first-order valence-corrected chi connectivity index (χ1v) is 7.99. The average molecular weight is 324 g/mol. The highest BCUT2D eigenvalue weighted by Crippen LogP contribution is 2.14. The van der Waals surface area contributed by atoms with E-state index in [1.165, 1.54) is 0 Å². The number of ether oxygens (including phenoxy) is 1. The summed E-state index contributed by atoms with van der Waals surface area (Å²) in [6.07, 6.45) is 3.32. The van der Waals surface area contributed by atoms with Crippen LogP contribution in [0.2, 0.25) is 0 Å². The number of aromatic nitrogens is 3. The normalized spacial score (nSPS) is 10.9. The van der Waals surface area contributed by atoms with E-state index in [-0.39, 0.29) is 5.91 Å². The van der Waals surface area contributed by atoms with E-state index in [9.17, 15) is 4.79 Å². The van der Waals surface area contributed by atoms with Crippen LogP contribution in [0.3, 0.4) is 0 Å². The number of pyridine rings is 1. The predicted octanol–water partition coefficient (Wildman–Crippen LogP) is 2.25. The van der Waals surface area contributed by atoms with Crippen molar-refractivity contribution in [1.29, 1.82) is 0 Å². The van der Waals surface area contributed by atoms with E-state index in [2.05, 4.69) is 15.4 Å². The van der Waals surface area contributed by atoms with E-state index in [0.29, 0.717) is 31.9 Å². The first-order chi connectivity index (χ1) is 11.8. The van der Waals surface area contributed by atoms with Crippen LogP contribution in [0.5, 0.6) is 0 Å². The van der Waals surface area contributed by atoms with Gasteiger partial charge in [-0.25, -0.2) is 9.67 Å². The van der Waals surface area contributed by atoms with Crippen LogP contribution in [0.4, 0.5) is 0 Å². The number of fused-ring (bicyclic) bond motifs is 1. The van der Waals surface area contributed by atoms with Crippen molar-refractivity contribution in [3.63, 3.8) is 0 Å². The number of carbonyl (C=O) groups is 1. The van der Waals surface area contributed by atoms with Gasteiger partial charge in [-0.15, -0.1) is 0 Å². The summed E-state index contributed by atoms with van der Waals surface area (Å²) in [6.45, 7) is 4.21. The largest absolute Gasteiger partial charge is 0.380 e. The van der Waals surface area contributed by atoms with Crippen LogP contribution in [0.15, 0.2) is 48.8 Å². The van der Waals surface area contributed by atoms with Gasteiger partial charge in [0.1, 0.15) is 0 Å². The number of carbonyl (C=O) groups excluding carboxylic acids is 1. The molecule has 0 radical (unpaired) electrons. The number of benzene rings is 1. The molecule has 6 heteroatoms. The fraction of sp³-hybridized carbons (Fsp3) is 0.278. The lowest BCUT2D eigenvalue weighted by molar-refractivity contribution is 0.0922. The molecule has 6 nitrogen and oxygen atoms in total. The summed E-state index contributed by atoms with van der Waals surface area (Å²) >= 11 is 0. The van der Waals surface area contributed by atoms with Gasteiger partial charge in [0.05, 0.1) is 24.9 Å². The summed E-state index contributed by atoms with van der Waals surface area (Å²) in [5.41, 5.74) is 2.45. The molecule has 0 fully saturated rings. The van der Waals surface area contributed by atoms with E-state index < -0.39 is 0 Å².